The van der Waals surface area contributed by atoms with E-state index in [1.807, 2.05) is 60.7 Å². The third-order valence-corrected chi connectivity index (χ3v) is 3.88. The van der Waals surface area contributed by atoms with E-state index in [4.69, 9.17) is 21.3 Å². The summed E-state index contributed by atoms with van der Waals surface area (Å²) < 4.78 is 5.17. The van der Waals surface area contributed by atoms with Crippen molar-refractivity contribution in [3.05, 3.63) is 71.8 Å². The predicted molar refractivity (Wildman–Crippen MR) is 91.9 cm³/mol. The second kappa shape index (κ2) is 6.55. The molecule has 0 saturated heterocycles. The monoisotopic (exact) mass is 327 g/mol. The van der Waals surface area contributed by atoms with Crippen LogP contribution in [0.15, 0.2) is 65.7 Å². The number of benzene rings is 2. The van der Waals surface area contributed by atoms with Crippen molar-refractivity contribution in [2.45, 2.75) is 30.9 Å². The van der Waals surface area contributed by atoms with E-state index in [0.29, 0.717) is 12.8 Å². The molecule has 0 N–H and O–H groups in total. The molecule has 0 radical (unpaired) electrons. The number of rotatable bonds is 5. The van der Waals surface area contributed by atoms with Crippen LogP contribution in [0.4, 0.5) is 0 Å². The van der Waals surface area contributed by atoms with Crippen molar-refractivity contribution in [2.24, 2.45) is 4.99 Å². The predicted octanol–water partition coefficient (Wildman–Crippen LogP) is 4.18. The lowest BCUT2D eigenvalue weighted by molar-refractivity contribution is -0.147. The van der Waals surface area contributed by atoms with Crippen LogP contribution < -0.4 is 0 Å². The van der Waals surface area contributed by atoms with Gasteiger partial charge in [0, 0.05) is 11.1 Å². The molecule has 2 aromatic carbocycles. The third kappa shape index (κ3) is 3.62. The van der Waals surface area contributed by atoms with E-state index >= 15 is 0 Å². The number of hydrogen-bond acceptors (Lipinski definition) is 3. The van der Waals surface area contributed by atoms with Gasteiger partial charge in [-0.1, -0.05) is 72.3 Å². The molecule has 0 amide bonds. The van der Waals surface area contributed by atoms with Gasteiger partial charge in [0.2, 0.25) is 0 Å². The lowest BCUT2D eigenvalue weighted by Crippen LogP contribution is -2.27. The fourth-order valence-electron chi connectivity index (χ4n) is 2.44. The highest BCUT2D eigenvalue weighted by Gasteiger charge is 2.52. The highest BCUT2D eigenvalue weighted by Crippen LogP contribution is 2.42. The summed E-state index contributed by atoms with van der Waals surface area (Å²) in [7, 11) is 0. The summed E-state index contributed by atoms with van der Waals surface area (Å²) in [5.41, 5.74) is 1.34. The number of halogens is 1. The maximum Gasteiger partial charge on any atom is 0.335 e. The fourth-order valence-corrected chi connectivity index (χ4v) is 2.52. The van der Waals surface area contributed by atoms with Gasteiger partial charge in [0.05, 0.1) is 5.71 Å². The van der Waals surface area contributed by atoms with Gasteiger partial charge in [0.15, 0.2) is 11.1 Å². The van der Waals surface area contributed by atoms with Gasteiger partial charge in [0.25, 0.3) is 0 Å². The van der Waals surface area contributed by atoms with Gasteiger partial charge in [-0.2, -0.15) is 0 Å². The molecular weight excluding hydrogens is 310 g/mol. The summed E-state index contributed by atoms with van der Waals surface area (Å²) in [5.74, 6) is -0.343. The molecule has 0 heterocycles. The number of hydrogen-bond donors (Lipinski definition) is 0. The minimum Gasteiger partial charge on any atom is -0.444 e. The molecule has 0 bridgehead atoms. The van der Waals surface area contributed by atoms with Gasteiger partial charge < -0.3 is 4.74 Å². The molecule has 0 aromatic heterocycles. The largest absolute Gasteiger partial charge is 0.444 e. The standard InChI is InChI=1S/C19H18ClNO2/c1-14(20)23-18(22)19(12-13-19)21-17(15-8-4-2-5-9-15)16-10-6-3-7-11-16/h2-11,14H,12-13H2,1H3. The Hall–Kier alpha value is -2.13. The van der Waals surface area contributed by atoms with E-state index in [2.05, 4.69) is 0 Å². The Kier molecular flexibility index (Phi) is 4.49. The van der Waals surface area contributed by atoms with Crippen molar-refractivity contribution in [2.75, 3.05) is 0 Å². The zero-order chi connectivity index (χ0) is 16.3. The summed E-state index contributed by atoms with van der Waals surface area (Å²) in [6, 6.07) is 19.8. The molecule has 1 saturated carbocycles. The summed E-state index contributed by atoms with van der Waals surface area (Å²) in [5, 5.41) is 0. The maximum atomic E-state index is 12.3. The Morgan fingerprint density at radius 3 is 1.91 bits per heavy atom. The molecule has 3 rings (SSSR count). The van der Waals surface area contributed by atoms with Gasteiger partial charge in [-0.3, -0.25) is 4.99 Å². The molecule has 1 fully saturated rings. The molecular formula is C19H18ClNO2. The number of carbonyl (C=O) groups is 1. The topological polar surface area (TPSA) is 38.7 Å². The first-order valence-corrected chi connectivity index (χ1v) is 8.10. The normalized spacial score (nSPS) is 16.3. The van der Waals surface area contributed by atoms with Crippen LogP contribution in [0.5, 0.6) is 0 Å². The fraction of sp³-hybridized carbons (Fsp3) is 0.263. The van der Waals surface area contributed by atoms with Gasteiger partial charge in [-0.15, -0.1) is 0 Å². The van der Waals surface area contributed by atoms with Gasteiger partial charge in [-0.05, 0) is 19.8 Å². The average molecular weight is 328 g/mol. The SMILES string of the molecule is CC(Cl)OC(=O)C1(N=C(c2ccccc2)c2ccccc2)CC1. The number of esters is 1. The van der Waals surface area contributed by atoms with Crippen molar-refractivity contribution < 1.29 is 9.53 Å². The number of alkyl halides is 1. The Morgan fingerprint density at radius 2 is 1.52 bits per heavy atom. The number of nitrogens with zero attached hydrogens (tertiary/aromatic N) is 1. The molecule has 0 aliphatic heterocycles. The molecule has 3 nitrogen and oxygen atoms in total. The number of carbonyl (C=O) groups excluding carboxylic acids is 1. The molecule has 4 heteroatoms. The van der Waals surface area contributed by atoms with Crippen molar-refractivity contribution in [3.63, 3.8) is 0 Å². The Balaban J connectivity index is 2.01. The first-order valence-electron chi connectivity index (χ1n) is 7.67. The number of ether oxygens (including phenoxy) is 1. The van der Waals surface area contributed by atoms with Crippen LogP contribution in [0.1, 0.15) is 30.9 Å². The minimum absolute atomic E-state index is 0.343. The van der Waals surface area contributed by atoms with Crippen molar-refractivity contribution in [1.29, 1.82) is 0 Å². The Bertz CT molecular complexity index is 665. The quantitative estimate of drug-likeness (QED) is 0.469. The lowest BCUT2D eigenvalue weighted by Gasteiger charge is -2.15. The van der Waals surface area contributed by atoms with Gasteiger partial charge >= 0.3 is 5.97 Å². The smallest absolute Gasteiger partial charge is 0.335 e. The van der Waals surface area contributed by atoms with E-state index in [-0.39, 0.29) is 5.97 Å². The van der Waals surface area contributed by atoms with Crippen LogP contribution in [0.3, 0.4) is 0 Å². The summed E-state index contributed by atoms with van der Waals surface area (Å²) in [4.78, 5) is 17.1. The molecule has 1 aliphatic carbocycles. The highest BCUT2D eigenvalue weighted by atomic mass is 35.5. The van der Waals surface area contributed by atoms with Crippen LogP contribution in [-0.4, -0.2) is 22.8 Å². The first-order chi connectivity index (χ1) is 11.1. The second-order valence-electron chi connectivity index (χ2n) is 5.67. The van der Waals surface area contributed by atoms with Crippen molar-refractivity contribution >= 4 is 23.3 Å². The van der Waals surface area contributed by atoms with Crippen LogP contribution in [0.25, 0.3) is 0 Å². The second-order valence-corrected chi connectivity index (χ2v) is 6.29. The number of aliphatic imine (C=N–C) groups is 1. The molecule has 2 aromatic rings. The highest BCUT2D eigenvalue weighted by molar-refractivity contribution is 6.20. The minimum atomic E-state index is -0.788. The van der Waals surface area contributed by atoms with E-state index in [1.54, 1.807) is 6.92 Å². The summed E-state index contributed by atoms with van der Waals surface area (Å²) in [6.45, 7) is 1.63. The van der Waals surface area contributed by atoms with Crippen LogP contribution >= 0.6 is 11.6 Å². The van der Waals surface area contributed by atoms with Gasteiger partial charge in [0.1, 0.15) is 0 Å². The first kappa shape index (κ1) is 15.8. The van der Waals surface area contributed by atoms with Crippen LogP contribution in [-0.2, 0) is 9.53 Å². The van der Waals surface area contributed by atoms with Crippen molar-refractivity contribution in [3.8, 4) is 0 Å². The molecule has 23 heavy (non-hydrogen) atoms. The zero-order valence-corrected chi connectivity index (χ0v) is 13.7. The van der Waals surface area contributed by atoms with Crippen LogP contribution in [0, 0.1) is 0 Å². The van der Waals surface area contributed by atoms with E-state index in [0.717, 1.165) is 16.8 Å². The Labute approximate surface area is 141 Å². The van der Waals surface area contributed by atoms with E-state index < -0.39 is 11.1 Å². The molecule has 0 spiro atoms. The molecule has 1 unspecified atom stereocenters. The molecule has 118 valence electrons. The summed E-state index contributed by atoms with van der Waals surface area (Å²) in [6.07, 6.45) is 1.39. The zero-order valence-electron chi connectivity index (χ0n) is 12.9. The van der Waals surface area contributed by atoms with Crippen molar-refractivity contribution in [1.82, 2.24) is 0 Å². The molecule has 1 aliphatic rings. The molecule has 1 atom stereocenters. The van der Waals surface area contributed by atoms with Crippen LogP contribution in [0.2, 0.25) is 0 Å². The third-order valence-electron chi connectivity index (χ3n) is 3.79. The Morgan fingerprint density at radius 1 is 1.04 bits per heavy atom. The van der Waals surface area contributed by atoms with E-state index in [9.17, 15) is 4.79 Å². The van der Waals surface area contributed by atoms with E-state index in [1.165, 1.54) is 0 Å². The lowest BCUT2D eigenvalue weighted by atomic mass is 10.0. The van der Waals surface area contributed by atoms with Gasteiger partial charge in [-0.25, -0.2) is 4.79 Å². The average Bonchev–Trinajstić information content (AvgIpc) is 3.35. The maximum absolute atomic E-state index is 12.3. The summed E-state index contributed by atoms with van der Waals surface area (Å²) >= 11 is 5.79.